The molecule has 3 heteroatoms. The van der Waals surface area contributed by atoms with Gasteiger partial charge in [-0.15, -0.1) is 0 Å². The summed E-state index contributed by atoms with van der Waals surface area (Å²) in [6, 6.07) is 4.61. The average molecular weight is 262 g/mol. The van der Waals surface area contributed by atoms with Gasteiger partial charge in [0.05, 0.1) is 7.11 Å². The van der Waals surface area contributed by atoms with E-state index in [-0.39, 0.29) is 5.41 Å². The Bertz CT molecular complexity index is 447. The van der Waals surface area contributed by atoms with Gasteiger partial charge in [-0.1, -0.05) is 12.5 Å². The SMILES string of the molecule is CNC(c1ccc(OC)c(C)c1C)C1(CN)CCC1. The fourth-order valence-electron chi connectivity index (χ4n) is 3.38. The zero-order valence-corrected chi connectivity index (χ0v) is 12.5. The Balaban J connectivity index is 2.42. The molecule has 1 aliphatic rings. The predicted octanol–water partition coefficient (Wildman–Crippen LogP) is 2.70. The van der Waals surface area contributed by atoms with Crippen LogP contribution >= 0.6 is 0 Å². The topological polar surface area (TPSA) is 47.3 Å². The quantitative estimate of drug-likeness (QED) is 0.857. The van der Waals surface area contributed by atoms with Crippen LogP contribution < -0.4 is 15.8 Å². The minimum Gasteiger partial charge on any atom is -0.496 e. The second-order valence-electron chi connectivity index (χ2n) is 5.75. The summed E-state index contributed by atoms with van der Waals surface area (Å²) in [6.07, 6.45) is 3.74. The van der Waals surface area contributed by atoms with Gasteiger partial charge in [-0.2, -0.15) is 0 Å². The highest BCUT2D eigenvalue weighted by atomic mass is 16.5. The van der Waals surface area contributed by atoms with Crippen molar-refractivity contribution in [3.05, 3.63) is 28.8 Å². The molecule has 1 atom stereocenters. The summed E-state index contributed by atoms with van der Waals surface area (Å²) in [5, 5.41) is 3.50. The van der Waals surface area contributed by atoms with E-state index >= 15 is 0 Å². The van der Waals surface area contributed by atoms with Crippen LogP contribution in [0.25, 0.3) is 0 Å². The first-order valence-corrected chi connectivity index (χ1v) is 7.11. The van der Waals surface area contributed by atoms with E-state index in [2.05, 4.69) is 31.3 Å². The van der Waals surface area contributed by atoms with Crippen molar-refractivity contribution in [2.24, 2.45) is 11.1 Å². The lowest BCUT2D eigenvalue weighted by molar-refractivity contribution is 0.0876. The maximum atomic E-state index is 6.06. The van der Waals surface area contributed by atoms with Crippen LogP contribution in [0.5, 0.6) is 5.75 Å². The minimum absolute atomic E-state index is 0.237. The minimum atomic E-state index is 0.237. The maximum absolute atomic E-state index is 6.06. The van der Waals surface area contributed by atoms with Crippen molar-refractivity contribution >= 4 is 0 Å². The Kier molecular flexibility index (Phi) is 4.16. The van der Waals surface area contributed by atoms with Crippen LogP contribution in [-0.4, -0.2) is 20.7 Å². The Labute approximate surface area is 116 Å². The van der Waals surface area contributed by atoms with Crippen molar-refractivity contribution < 1.29 is 4.74 Å². The van der Waals surface area contributed by atoms with Crippen molar-refractivity contribution in [3.8, 4) is 5.75 Å². The van der Waals surface area contributed by atoms with E-state index in [1.807, 2.05) is 7.05 Å². The zero-order valence-electron chi connectivity index (χ0n) is 12.5. The molecule has 0 amide bonds. The molecule has 1 aromatic carbocycles. The molecule has 0 radical (unpaired) electrons. The first kappa shape index (κ1) is 14.4. The number of rotatable bonds is 5. The molecule has 106 valence electrons. The lowest BCUT2D eigenvalue weighted by Crippen LogP contribution is -2.47. The third kappa shape index (κ3) is 2.26. The molecule has 0 spiro atoms. The van der Waals surface area contributed by atoms with Crippen LogP contribution in [-0.2, 0) is 0 Å². The summed E-state index contributed by atoms with van der Waals surface area (Å²) in [5.41, 5.74) is 10.2. The van der Waals surface area contributed by atoms with Crippen LogP contribution in [0.3, 0.4) is 0 Å². The number of benzene rings is 1. The summed E-state index contributed by atoms with van der Waals surface area (Å²) < 4.78 is 5.40. The van der Waals surface area contributed by atoms with Gasteiger partial charge >= 0.3 is 0 Å². The Morgan fingerprint density at radius 2 is 2.00 bits per heavy atom. The van der Waals surface area contributed by atoms with Crippen molar-refractivity contribution in [2.45, 2.75) is 39.2 Å². The first-order chi connectivity index (χ1) is 9.09. The molecule has 0 bridgehead atoms. The highest BCUT2D eigenvalue weighted by Gasteiger charge is 2.43. The summed E-state index contributed by atoms with van der Waals surface area (Å²) in [7, 11) is 3.77. The first-order valence-electron chi connectivity index (χ1n) is 7.11. The van der Waals surface area contributed by atoms with Crippen molar-refractivity contribution in [1.29, 1.82) is 0 Å². The molecule has 0 aromatic heterocycles. The van der Waals surface area contributed by atoms with Crippen LogP contribution in [0.2, 0.25) is 0 Å². The molecule has 2 rings (SSSR count). The molecule has 1 aromatic rings. The fraction of sp³-hybridized carbons (Fsp3) is 0.625. The number of hydrogen-bond acceptors (Lipinski definition) is 3. The van der Waals surface area contributed by atoms with Gasteiger partial charge in [0.25, 0.3) is 0 Å². The maximum Gasteiger partial charge on any atom is 0.122 e. The van der Waals surface area contributed by atoms with E-state index < -0.39 is 0 Å². The van der Waals surface area contributed by atoms with Crippen LogP contribution in [0, 0.1) is 19.3 Å². The van der Waals surface area contributed by atoms with Gasteiger partial charge in [-0.3, -0.25) is 0 Å². The number of hydrogen-bond donors (Lipinski definition) is 2. The third-order valence-corrected chi connectivity index (χ3v) is 4.97. The Morgan fingerprint density at radius 1 is 1.32 bits per heavy atom. The molecule has 0 saturated heterocycles. The third-order valence-electron chi connectivity index (χ3n) is 4.97. The molecule has 1 saturated carbocycles. The van der Waals surface area contributed by atoms with E-state index in [1.165, 1.54) is 36.0 Å². The van der Waals surface area contributed by atoms with Gasteiger partial charge in [-0.05, 0) is 63.0 Å². The van der Waals surface area contributed by atoms with Crippen molar-refractivity contribution in [3.63, 3.8) is 0 Å². The molecule has 1 unspecified atom stereocenters. The van der Waals surface area contributed by atoms with Gasteiger partial charge in [0.1, 0.15) is 5.75 Å². The average Bonchev–Trinajstić information content (AvgIpc) is 2.38. The number of methoxy groups -OCH3 is 1. The molecule has 0 heterocycles. The standard InChI is InChI=1S/C16H26N2O/c1-11-12(2)14(19-4)7-6-13(11)15(18-3)16(10-17)8-5-9-16/h6-7,15,18H,5,8-10,17H2,1-4H3. The molecule has 19 heavy (non-hydrogen) atoms. The Morgan fingerprint density at radius 3 is 2.42 bits per heavy atom. The van der Waals surface area contributed by atoms with Crippen molar-refractivity contribution in [2.75, 3.05) is 20.7 Å². The van der Waals surface area contributed by atoms with Crippen molar-refractivity contribution in [1.82, 2.24) is 5.32 Å². The second-order valence-corrected chi connectivity index (χ2v) is 5.75. The smallest absolute Gasteiger partial charge is 0.122 e. The van der Waals surface area contributed by atoms with E-state index in [4.69, 9.17) is 10.5 Å². The highest BCUT2D eigenvalue weighted by molar-refractivity contribution is 5.45. The fourth-order valence-corrected chi connectivity index (χ4v) is 3.38. The number of nitrogens with two attached hydrogens (primary N) is 1. The van der Waals surface area contributed by atoms with E-state index in [1.54, 1.807) is 7.11 Å². The van der Waals surface area contributed by atoms with E-state index in [0.717, 1.165) is 12.3 Å². The van der Waals surface area contributed by atoms with E-state index in [9.17, 15) is 0 Å². The van der Waals surface area contributed by atoms with Gasteiger partial charge in [-0.25, -0.2) is 0 Å². The summed E-state index contributed by atoms with van der Waals surface area (Å²) in [5.74, 6) is 0.964. The van der Waals surface area contributed by atoms with Gasteiger partial charge in [0.2, 0.25) is 0 Å². The molecular formula is C16H26N2O. The lowest BCUT2D eigenvalue weighted by atomic mass is 9.62. The normalized spacial score (nSPS) is 18.8. The zero-order chi connectivity index (χ0) is 14.0. The molecule has 1 fully saturated rings. The monoisotopic (exact) mass is 262 g/mol. The largest absolute Gasteiger partial charge is 0.496 e. The van der Waals surface area contributed by atoms with Gasteiger partial charge < -0.3 is 15.8 Å². The molecule has 3 N–H and O–H groups in total. The molecular weight excluding hydrogens is 236 g/mol. The van der Waals surface area contributed by atoms with Gasteiger partial charge in [0, 0.05) is 11.5 Å². The number of nitrogens with one attached hydrogen (secondary N) is 1. The summed E-state index contributed by atoms with van der Waals surface area (Å²) in [6.45, 7) is 5.06. The summed E-state index contributed by atoms with van der Waals surface area (Å²) >= 11 is 0. The highest BCUT2D eigenvalue weighted by Crippen LogP contribution is 2.50. The molecule has 1 aliphatic carbocycles. The van der Waals surface area contributed by atoms with Crippen LogP contribution in [0.15, 0.2) is 12.1 Å². The van der Waals surface area contributed by atoms with Gasteiger partial charge in [0.15, 0.2) is 0 Å². The molecule has 0 aliphatic heterocycles. The summed E-state index contributed by atoms with van der Waals surface area (Å²) in [4.78, 5) is 0. The van der Waals surface area contributed by atoms with Crippen LogP contribution in [0.4, 0.5) is 0 Å². The number of ether oxygens (including phenoxy) is 1. The van der Waals surface area contributed by atoms with Crippen LogP contribution in [0.1, 0.15) is 42.0 Å². The second kappa shape index (κ2) is 5.51. The lowest BCUT2D eigenvalue weighted by Gasteiger charge is -2.48. The predicted molar refractivity (Wildman–Crippen MR) is 79.6 cm³/mol. The van der Waals surface area contributed by atoms with E-state index in [0.29, 0.717) is 6.04 Å². The Hall–Kier alpha value is -1.06. The molecule has 3 nitrogen and oxygen atoms in total.